The lowest BCUT2D eigenvalue weighted by Gasteiger charge is -2.18. The smallest absolute Gasteiger partial charge is 0.220 e. The number of carbonyl (C=O) groups is 2. The molecule has 14 heavy (non-hydrogen) atoms. The van der Waals surface area contributed by atoms with E-state index >= 15 is 0 Å². The Morgan fingerprint density at radius 2 is 1.79 bits per heavy atom. The van der Waals surface area contributed by atoms with E-state index in [0.717, 1.165) is 12.8 Å². The summed E-state index contributed by atoms with van der Waals surface area (Å²) < 4.78 is 0. The highest BCUT2D eigenvalue weighted by atomic mass is 16.2. The van der Waals surface area contributed by atoms with Crippen LogP contribution in [0.4, 0.5) is 0 Å². The van der Waals surface area contributed by atoms with Crippen molar-refractivity contribution in [1.29, 1.82) is 0 Å². The van der Waals surface area contributed by atoms with Gasteiger partial charge in [0.1, 0.15) is 0 Å². The van der Waals surface area contributed by atoms with Crippen molar-refractivity contribution in [3.8, 4) is 0 Å². The second-order valence-corrected chi connectivity index (χ2v) is 3.82. The summed E-state index contributed by atoms with van der Waals surface area (Å²) >= 11 is 0. The summed E-state index contributed by atoms with van der Waals surface area (Å²) in [6.07, 6.45) is 2.08. The van der Waals surface area contributed by atoms with E-state index in [1.807, 2.05) is 20.8 Å². The highest BCUT2D eigenvalue weighted by Crippen LogP contribution is 2.06. The highest BCUT2D eigenvalue weighted by Gasteiger charge is 2.21. The lowest BCUT2D eigenvalue weighted by atomic mass is 9.98. The van der Waals surface area contributed by atoms with Crippen molar-refractivity contribution < 1.29 is 9.59 Å². The SMILES string of the molecule is CCCC(NC(=O)CC)C(=O)C(C)C. The van der Waals surface area contributed by atoms with E-state index in [0.29, 0.717) is 6.42 Å². The number of amides is 1. The number of ketones is 1. The standard InChI is InChI=1S/C11H21NO2/c1-5-7-9(11(14)8(3)4)12-10(13)6-2/h8-9H,5-7H2,1-4H3,(H,12,13). The second kappa shape index (κ2) is 6.57. The number of Topliss-reactive ketones (excluding diaryl/α,β-unsaturated/α-hetero) is 1. The van der Waals surface area contributed by atoms with Crippen LogP contribution in [0.15, 0.2) is 0 Å². The van der Waals surface area contributed by atoms with Gasteiger partial charge in [-0.05, 0) is 6.42 Å². The maximum Gasteiger partial charge on any atom is 0.220 e. The molecular weight excluding hydrogens is 178 g/mol. The van der Waals surface area contributed by atoms with Crippen molar-refractivity contribution in [2.75, 3.05) is 0 Å². The van der Waals surface area contributed by atoms with Gasteiger partial charge in [-0.25, -0.2) is 0 Å². The fourth-order valence-corrected chi connectivity index (χ4v) is 1.27. The van der Waals surface area contributed by atoms with Gasteiger partial charge >= 0.3 is 0 Å². The summed E-state index contributed by atoms with van der Waals surface area (Å²) in [4.78, 5) is 22.8. The van der Waals surface area contributed by atoms with Gasteiger partial charge in [-0.15, -0.1) is 0 Å². The van der Waals surface area contributed by atoms with E-state index in [9.17, 15) is 9.59 Å². The minimum atomic E-state index is -0.285. The third-order valence-electron chi connectivity index (χ3n) is 2.15. The number of rotatable bonds is 6. The third kappa shape index (κ3) is 4.40. The van der Waals surface area contributed by atoms with Gasteiger partial charge in [-0.2, -0.15) is 0 Å². The van der Waals surface area contributed by atoms with Crippen molar-refractivity contribution in [1.82, 2.24) is 5.32 Å². The fourth-order valence-electron chi connectivity index (χ4n) is 1.27. The molecular formula is C11H21NO2. The first kappa shape index (κ1) is 13.1. The average Bonchev–Trinajstić information content (AvgIpc) is 2.15. The molecule has 0 radical (unpaired) electrons. The van der Waals surface area contributed by atoms with Gasteiger partial charge in [-0.3, -0.25) is 9.59 Å². The first-order chi connectivity index (χ1) is 6.52. The lowest BCUT2D eigenvalue weighted by Crippen LogP contribution is -2.42. The molecule has 0 aromatic heterocycles. The number of hydrogen-bond acceptors (Lipinski definition) is 2. The Labute approximate surface area is 86.3 Å². The Kier molecular flexibility index (Phi) is 6.17. The van der Waals surface area contributed by atoms with Crippen LogP contribution < -0.4 is 5.32 Å². The van der Waals surface area contributed by atoms with E-state index in [1.165, 1.54) is 0 Å². The van der Waals surface area contributed by atoms with E-state index in [2.05, 4.69) is 5.32 Å². The Hall–Kier alpha value is -0.860. The zero-order chi connectivity index (χ0) is 11.1. The summed E-state index contributed by atoms with van der Waals surface area (Å²) in [6.45, 7) is 7.53. The van der Waals surface area contributed by atoms with Crippen LogP contribution in [0.2, 0.25) is 0 Å². The van der Waals surface area contributed by atoms with Crippen molar-refractivity contribution in [3.05, 3.63) is 0 Å². The molecule has 3 nitrogen and oxygen atoms in total. The summed E-state index contributed by atoms with van der Waals surface area (Å²) in [5.41, 5.74) is 0. The first-order valence-electron chi connectivity index (χ1n) is 5.35. The molecule has 1 unspecified atom stereocenters. The topological polar surface area (TPSA) is 46.2 Å². The lowest BCUT2D eigenvalue weighted by molar-refractivity contribution is -0.129. The zero-order valence-corrected chi connectivity index (χ0v) is 9.59. The van der Waals surface area contributed by atoms with E-state index < -0.39 is 0 Å². The number of hydrogen-bond donors (Lipinski definition) is 1. The molecule has 0 fully saturated rings. The molecule has 0 saturated carbocycles. The van der Waals surface area contributed by atoms with Gasteiger partial charge in [0.15, 0.2) is 5.78 Å². The molecule has 0 heterocycles. The summed E-state index contributed by atoms with van der Waals surface area (Å²) in [7, 11) is 0. The van der Waals surface area contributed by atoms with Gasteiger partial charge in [-0.1, -0.05) is 34.1 Å². The van der Waals surface area contributed by atoms with Crippen molar-refractivity contribution in [2.45, 2.75) is 53.0 Å². The Balaban J connectivity index is 4.28. The van der Waals surface area contributed by atoms with Crippen LogP contribution in [0.1, 0.15) is 47.0 Å². The van der Waals surface area contributed by atoms with Crippen LogP contribution in [0.25, 0.3) is 0 Å². The van der Waals surface area contributed by atoms with Crippen LogP contribution in [0.3, 0.4) is 0 Å². The monoisotopic (exact) mass is 199 g/mol. The van der Waals surface area contributed by atoms with E-state index in [1.54, 1.807) is 6.92 Å². The van der Waals surface area contributed by atoms with Crippen LogP contribution in [0.5, 0.6) is 0 Å². The fraction of sp³-hybridized carbons (Fsp3) is 0.818. The molecule has 1 atom stereocenters. The molecule has 0 aliphatic heterocycles. The molecule has 1 amide bonds. The summed E-state index contributed by atoms with van der Waals surface area (Å²) in [5.74, 6) is 0.0785. The van der Waals surface area contributed by atoms with Gasteiger partial charge in [0.05, 0.1) is 6.04 Å². The molecule has 0 aromatic rings. The maximum absolute atomic E-state index is 11.7. The molecule has 0 aliphatic carbocycles. The normalized spacial score (nSPS) is 12.6. The molecule has 3 heteroatoms. The van der Waals surface area contributed by atoms with Gasteiger partial charge in [0.25, 0.3) is 0 Å². The highest BCUT2D eigenvalue weighted by molar-refractivity contribution is 5.90. The molecule has 0 saturated heterocycles. The average molecular weight is 199 g/mol. The zero-order valence-electron chi connectivity index (χ0n) is 9.59. The van der Waals surface area contributed by atoms with Crippen molar-refractivity contribution >= 4 is 11.7 Å². The van der Waals surface area contributed by atoms with E-state index in [4.69, 9.17) is 0 Å². The van der Waals surface area contributed by atoms with Crippen LogP contribution in [-0.4, -0.2) is 17.7 Å². The predicted octanol–water partition coefficient (Wildman–Crippen LogP) is 1.91. The molecule has 0 aromatic carbocycles. The molecule has 0 aliphatic rings. The Morgan fingerprint density at radius 1 is 1.21 bits per heavy atom. The molecule has 0 rings (SSSR count). The van der Waals surface area contributed by atoms with Crippen LogP contribution >= 0.6 is 0 Å². The van der Waals surface area contributed by atoms with Crippen molar-refractivity contribution in [2.24, 2.45) is 5.92 Å². The molecule has 82 valence electrons. The largest absolute Gasteiger partial charge is 0.346 e. The Morgan fingerprint density at radius 3 is 2.14 bits per heavy atom. The van der Waals surface area contributed by atoms with Gasteiger partial charge in [0, 0.05) is 12.3 Å². The van der Waals surface area contributed by atoms with Gasteiger partial charge in [0.2, 0.25) is 5.91 Å². The van der Waals surface area contributed by atoms with Crippen LogP contribution in [-0.2, 0) is 9.59 Å². The van der Waals surface area contributed by atoms with E-state index in [-0.39, 0.29) is 23.7 Å². The Bertz CT molecular complexity index is 199. The third-order valence-corrected chi connectivity index (χ3v) is 2.15. The quantitative estimate of drug-likeness (QED) is 0.710. The molecule has 1 N–H and O–H groups in total. The number of carbonyl (C=O) groups excluding carboxylic acids is 2. The summed E-state index contributed by atoms with van der Waals surface area (Å²) in [5, 5.41) is 2.76. The maximum atomic E-state index is 11.7. The first-order valence-corrected chi connectivity index (χ1v) is 5.35. The minimum Gasteiger partial charge on any atom is -0.346 e. The van der Waals surface area contributed by atoms with Crippen LogP contribution in [0, 0.1) is 5.92 Å². The van der Waals surface area contributed by atoms with Crippen molar-refractivity contribution in [3.63, 3.8) is 0 Å². The minimum absolute atomic E-state index is 0.0105. The number of nitrogens with one attached hydrogen (secondary N) is 1. The molecule has 0 spiro atoms. The second-order valence-electron chi connectivity index (χ2n) is 3.82. The van der Waals surface area contributed by atoms with Gasteiger partial charge < -0.3 is 5.32 Å². The predicted molar refractivity (Wildman–Crippen MR) is 57.0 cm³/mol. The summed E-state index contributed by atoms with van der Waals surface area (Å²) in [6, 6.07) is -0.285. The molecule has 0 bridgehead atoms.